The van der Waals surface area contributed by atoms with E-state index in [0.717, 1.165) is 4.90 Å². The van der Waals surface area contributed by atoms with Gasteiger partial charge in [-0.25, -0.2) is 4.39 Å². The molecule has 4 heteroatoms. The van der Waals surface area contributed by atoms with Crippen molar-refractivity contribution < 1.29 is 8.94 Å². The van der Waals surface area contributed by atoms with Crippen LogP contribution in [0, 0.1) is 0 Å². The minimum Gasteiger partial charge on any atom is -0.593 e. The Labute approximate surface area is 112 Å². The minimum absolute atomic E-state index is 0.0949. The summed E-state index contributed by atoms with van der Waals surface area (Å²) in [5, 5.41) is 0. The summed E-state index contributed by atoms with van der Waals surface area (Å²) in [5.74, 6) is 0. The number of benzene rings is 1. The fraction of sp³-hybridized carbons (Fsp3) is 0.571. The molecule has 0 aliphatic carbocycles. The van der Waals surface area contributed by atoms with Gasteiger partial charge in [-0.3, -0.25) is 0 Å². The molecule has 18 heavy (non-hydrogen) atoms. The Kier molecular flexibility index (Phi) is 3.99. The molecule has 1 fully saturated rings. The van der Waals surface area contributed by atoms with Crippen molar-refractivity contribution in [2.24, 2.45) is 0 Å². The van der Waals surface area contributed by atoms with Gasteiger partial charge in [0.05, 0.1) is 17.9 Å². The van der Waals surface area contributed by atoms with Crippen molar-refractivity contribution in [1.29, 1.82) is 0 Å². The number of rotatable bonds is 2. The molecule has 0 spiro atoms. The average molecular weight is 269 g/mol. The van der Waals surface area contributed by atoms with Crippen LogP contribution in [0.2, 0.25) is 0 Å². The van der Waals surface area contributed by atoms with Crippen molar-refractivity contribution in [1.82, 2.24) is 4.31 Å². The molecule has 0 radical (unpaired) electrons. The Hall–Kier alpha value is -0.580. The maximum Gasteiger partial charge on any atom is 0.174 e. The van der Waals surface area contributed by atoms with E-state index in [1.165, 1.54) is 5.56 Å². The van der Waals surface area contributed by atoms with Gasteiger partial charge in [-0.05, 0) is 29.5 Å². The Morgan fingerprint density at radius 1 is 1.28 bits per heavy atom. The lowest BCUT2D eigenvalue weighted by molar-refractivity contribution is 0.343. The highest BCUT2D eigenvalue weighted by Gasteiger charge is 2.32. The van der Waals surface area contributed by atoms with Gasteiger partial charge in [0.25, 0.3) is 0 Å². The SMILES string of the molecule is CC(C)(C)c1ccc([S+]([O-])N2CCC(F)C2)cc1. The van der Waals surface area contributed by atoms with Crippen LogP contribution in [-0.4, -0.2) is 28.1 Å². The first-order chi connectivity index (χ1) is 8.38. The van der Waals surface area contributed by atoms with Crippen LogP contribution >= 0.6 is 0 Å². The van der Waals surface area contributed by atoms with E-state index in [9.17, 15) is 8.94 Å². The summed E-state index contributed by atoms with van der Waals surface area (Å²) in [6.45, 7) is 7.30. The molecule has 100 valence electrons. The summed E-state index contributed by atoms with van der Waals surface area (Å²) in [4.78, 5) is 0.761. The number of hydrogen-bond acceptors (Lipinski definition) is 2. The van der Waals surface area contributed by atoms with E-state index in [1.54, 1.807) is 4.31 Å². The second-order valence-electron chi connectivity index (χ2n) is 5.80. The second-order valence-corrected chi connectivity index (χ2v) is 7.28. The van der Waals surface area contributed by atoms with Crippen molar-refractivity contribution in [3.8, 4) is 0 Å². The first kappa shape index (κ1) is 13.8. The van der Waals surface area contributed by atoms with Crippen molar-refractivity contribution in [3.05, 3.63) is 29.8 Å². The molecule has 1 saturated heterocycles. The second kappa shape index (κ2) is 5.19. The van der Waals surface area contributed by atoms with Crippen LogP contribution in [-0.2, 0) is 16.8 Å². The Balaban J connectivity index is 2.10. The molecule has 0 saturated carbocycles. The maximum atomic E-state index is 13.1. The quantitative estimate of drug-likeness (QED) is 0.771. The highest BCUT2D eigenvalue weighted by Crippen LogP contribution is 2.26. The third-order valence-corrected chi connectivity index (χ3v) is 4.73. The van der Waals surface area contributed by atoms with Gasteiger partial charge in [0.15, 0.2) is 4.90 Å². The molecule has 0 N–H and O–H groups in total. The summed E-state index contributed by atoms with van der Waals surface area (Å²) in [6.07, 6.45) is -0.339. The molecule has 0 bridgehead atoms. The van der Waals surface area contributed by atoms with Crippen LogP contribution in [0.3, 0.4) is 0 Å². The number of halogens is 1. The first-order valence-electron chi connectivity index (χ1n) is 6.29. The lowest BCUT2D eigenvalue weighted by Crippen LogP contribution is -2.29. The van der Waals surface area contributed by atoms with Gasteiger partial charge in [-0.15, -0.1) is 4.31 Å². The molecule has 1 aliphatic heterocycles. The van der Waals surface area contributed by atoms with E-state index in [2.05, 4.69) is 20.8 Å². The molecule has 2 unspecified atom stereocenters. The lowest BCUT2D eigenvalue weighted by atomic mass is 9.87. The topological polar surface area (TPSA) is 26.3 Å². The maximum absolute atomic E-state index is 13.1. The largest absolute Gasteiger partial charge is 0.593 e. The molecule has 1 aromatic rings. The van der Waals surface area contributed by atoms with E-state index >= 15 is 0 Å². The minimum atomic E-state index is -1.22. The highest BCUT2D eigenvalue weighted by atomic mass is 32.2. The number of alkyl halides is 1. The average Bonchev–Trinajstić information content (AvgIpc) is 2.74. The van der Waals surface area contributed by atoms with Crippen molar-refractivity contribution >= 4 is 11.4 Å². The van der Waals surface area contributed by atoms with E-state index in [-0.39, 0.29) is 12.0 Å². The Morgan fingerprint density at radius 2 is 1.89 bits per heavy atom. The number of hydrogen-bond donors (Lipinski definition) is 0. The van der Waals surface area contributed by atoms with Gasteiger partial charge in [-0.1, -0.05) is 32.9 Å². The first-order valence-corrected chi connectivity index (χ1v) is 7.40. The lowest BCUT2D eigenvalue weighted by Gasteiger charge is -2.21. The van der Waals surface area contributed by atoms with Gasteiger partial charge >= 0.3 is 0 Å². The highest BCUT2D eigenvalue weighted by molar-refractivity contribution is 7.89. The molecule has 2 nitrogen and oxygen atoms in total. The summed E-state index contributed by atoms with van der Waals surface area (Å²) in [7, 11) is 0. The zero-order valence-electron chi connectivity index (χ0n) is 11.1. The summed E-state index contributed by atoms with van der Waals surface area (Å²) < 4.78 is 27.0. The van der Waals surface area contributed by atoms with Gasteiger partial charge in [-0.2, -0.15) is 0 Å². The van der Waals surface area contributed by atoms with Crippen LogP contribution in [0.25, 0.3) is 0 Å². The van der Waals surface area contributed by atoms with Crippen LogP contribution in [0.4, 0.5) is 4.39 Å². The number of nitrogens with zero attached hydrogens (tertiary/aromatic N) is 1. The predicted octanol–water partition coefficient (Wildman–Crippen LogP) is 3.05. The van der Waals surface area contributed by atoms with Crippen LogP contribution in [0.1, 0.15) is 32.8 Å². The van der Waals surface area contributed by atoms with E-state index in [4.69, 9.17) is 0 Å². The van der Waals surface area contributed by atoms with E-state index < -0.39 is 17.5 Å². The molecular weight excluding hydrogens is 249 g/mol. The van der Waals surface area contributed by atoms with Gasteiger partial charge in [0.2, 0.25) is 0 Å². The van der Waals surface area contributed by atoms with Crippen molar-refractivity contribution in [2.75, 3.05) is 13.1 Å². The van der Waals surface area contributed by atoms with Crippen LogP contribution in [0.5, 0.6) is 0 Å². The smallest absolute Gasteiger partial charge is 0.174 e. The summed E-state index contributed by atoms with van der Waals surface area (Å²) >= 11 is -1.22. The third kappa shape index (κ3) is 3.05. The normalized spacial score (nSPS) is 23.3. The van der Waals surface area contributed by atoms with E-state index in [0.29, 0.717) is 13.0 Å². The fourth-order valence-electron chi connectivity index (χ4n) is 2.06. The molecule has 0 aromatic heterocycles. The molecule has 0 amide bonds. The Morgan fingerprint density at radius 3 is 2.33 bits per heavy atom. The zero-order valence-corrected chi connectivity index (χ0v) is 12.0. The fourth-order valence-corrected chi connectivity index (χ4v) is 3.29. The van der Waals surface area contributed by atoms with Crippen LogP contribution in [0.15, 0.2) is 29.2 Å². The monoisotopic (exact) mass is 269 g/mol. The Bertz CT molecular complexity index is 401. The van der Waals surface area contributed by atoms with Gasteiger partial charge in [0, 0.05) is 6.54 Å². The third-order valence-electron chi connectivity index (χ3n) is 3.25. The summed E-state index contributed by atoms with van der Waals surface area (Å²) in [6, 6.07) is 7.80. The van der Waals surface area contributed by atoms with Gasteiger partial charge < -0.3 is 4.55 Å². The molecule has 1 heterocycles. The molecule has 2 atom stereocenters. The van der Waals surface area contributed by atoms with Gasteiger partial charge in [0.1, 0.15) is 6.17 Å². The zero-order chi connectivity index (χ0) is 13.3. The molecule has 1 aliphatic rings. The van der Waals surface area contributed by atoms with Crippen molar-refractivity contribution in [3.63, 3.8) is 0 Å². The standard InChI is InChI=1S/C14H20FNOS/c1-14(2,3)11-4-6-13(7-5-11)18(17)16-9-8-12(15)10-16/h4-7,12H,8-10H2,1-3H3. The molecular formula is C14H20FNOS. The predicted molar refractivity (Wildman–Crippen MR) is 72.6 cm³/mol. The van der Waals surface area contributed by atoms with E-state index in [1.807, 2.05) is 24.3 Å². The molecule has 2 rings (SSSR count). The molecule has 1 aromatic carbocycles. The van der Waals surface area contributed by atoms with Crippen LogP contribution < -0.4 is 0 Å². The summed E-state index contributed by atoms with van der Waals surface area (Å²) in [5.41, 5.74) is 1.31. The van der Waals surface area contributed by atoms with Crippen molar-refractivity contribution in [2.45, 2.75) is 43.7 Å².